The van der Waals surface area contributed by atoms with Crippen LogP contribution in [0.1, 0.15) is 22.5 Å². The number of benzene rings is 1. The van der Waals surface area contributed by atoms with Crippen LogP contribution in [0.4, 0.5) is 0 Å². The lowest BCUT2D eigenvalue weighted by atomic mass is 9.84. The van der Waals surface area contributed by atoms with Crippen LogP contribution in [0.15, 0.2) is 50.4 Å². The minimum absolute atomic E-state index is 0.0242. The van der Waals surface area contributed by atoms with Crippen LogP contribution in [-0.2, 0) is 10.0 Å². The van der Waals surface area contributed by atoms with Crippen molar-refractivity contribution in [1.29, 1.82) is 0 Å². The maximum absolute atomic E-state index is 12.6. The van der Waals surface area contributed by atoms with Crippen molar-refractivity contribution in [2.75, 3.05) is 19.6 Å². The van der Waals surface area contributed by atoms with Crippen molar-refractivity contribution in [3.8, 4) is 0 Å². The molecule has 1 aromatic heterocycles. The van der Waals surface area contributed by atoms with Gasteiger partial charge in [0.05, 0.1) is 14.0 Å². The van der Waals surface area contributed by atoms with Crippen molar-refractivity contribution in [3.05, 3.63) is 41.3 Å². The molecule has 2 aromatic rings. The Kier molecular flexibility index (Phi) is 5.30. The van der Waals surface area contributed by atoms with Crippen LogP contribution >= 0.6 is 23.1 Å². The summed E-state index contributed by atoms with van der Waals surface area (Å²) in [7, 11) is -3.72. The van der Waals surface area contributed by atoms with Gasteiger partial charge in [0, 0.05) is 17.5 Å². The molecule has 3 aliphatic heterocycles. The summed E-state index contributed by atoms with van der Waals surface area (Å²) in [4.78, 5) is 16.6. The number of hydrogen-bond acceptors (Lipinski definition) is 6. The Morgan fingerprint density at radius 1 is 1.22 bits per heavy atom. The molecule has 2 bridgehead atoms. The lowest BCUT2D eigenvalue weighted by Crippen LogP contribution is -2.57. The number of thiophene rings is 1. The number of carbonyl (C=O) groups is 1. The highest BCUT2D eigenvalue weighted by Gasteiger charge is 2.35. The first kappa shape index (κ1) is 18.9. The third-order valence-electron chi connectivity index (χ3n) is 5.13. The molecule has 1 aromatic carbocycles. The minimum Gasteiger partial charge on any atom is -0.347 e. The van der Waals surface area contributed by atoms with E-state index in [1.54, 1.807) is 12.1 Å². The third kappa shape index (κ3) is 4.38. The highest BCUT2D eigenvalue weighted by atomic mass is 32.2. The van der Waals surface area contributed by atoms with Gasteiger partial charge in [-0.3, -0.25) is 4.79 Å². The second-order valence-corrected chi connectivity index (χ2v) is 11.0. The number of rotatable bonds is 5. The van der Waals surface area contributed by atoms with Crippen LogP contribution in [0.5, 0.6) is 0 Å². The topological polar surface area (TPSA) is 92.5 Å². The lowest BCUT2D eigenvalue weighted by Gasteiger charge is -2.44. The predicted octanol–water partition coefficient (Wildman–Crippen LogP) is 2.37. The predicted molar refractivity (Wildman–Crippen MR) is 107 cm³/mol. The molecule has 0 aliphatic carbocycles. The van der Waals surface area contributed by atoms with Crippen molar-refractivity contribution in [3.63, 3.8) is 0 Å². The molecule has 5 rings (SSSR count). The Morgan fingerprint density at radius 2 is 2.00 bits per heavy atom. The van der Waals surface area contributed by atoms with Gasteiger partial charge in [-0.2, -0.15) is 0 Å². The van der Waals surface area contributed by atoms with E-state index in [0.717, 1.165) is 41.6 Å². The molecule has 1 atom stereocenters. The van der Waals surface area contributed by atoms with Gasteiger partial charge in [0.2, 0.25) is 10.0 Å². The Labute approximate surface area is 167 Å². The summed E-state index contributed by atoms with van der Waals surface area (Å²) in [5.74, 6) is 0.567. The van der Waals surface area contributed by atoms with Gasteiger partial charge in [-0.15, -0.1) is 11.3 Å². The molecule has 4 heterocycles. The van der Waals surface area contributed by atoms with Crippen molar-refractivity contribution in [1.82, 2.24) is 10.2 Å². The quantitative estimate of drug-likeness (QED) is 0.770. The van der Waals surface area contributed by atoms with Crippen LogP contribution in [0.25, 0.3) is 0 Å². The fraction of sp³-hybridized carbons (Fsp3) is 0.389. The van der Waals surface area contributed by atoms with Gasteiger partial charge in [0.25, 0.3) is 5.91 Å². The van der Waals surface area contributed by atoms with Crippen molar-refractivity contribution in [2.24, 2.45) is 11.1 Å². The Balaban J connectivity index is 1.42. The SMILES string of the molecule is NS(=O)(=O)c1cccc(Sc2ccc(C(=O)NC3CN4CCC3CC4)s2)c1. The largest absolute Gasteiger partial charge is 0.347 e. The molecule has 1 amide bonds. The van der Waals surface area contributed by atoms with E-state index >= 15 is 0 Å². The standard InChI is InChI=1S/C18H21N3O3S3/c19-27(23,24)14-3-1-2-13(10-14)25-17-5-4-16(26-17)18(22)20-15-11-21-8-6-12(15)7-9-21/h1-5,10,12,15H,6-9,11H2,(H,20,22)(H2,19,23,24). The number of fused-ring (bicyclic) bond motifs is 3. The number of nitrogens with zero attached hydrogens (tertiary/aromatic N) is 1. The Hall–Kier alpha value is -1.39. The Morgan fingerprint density at radius 3 is 2.67 bits per heavy atom. The zero-order valence-corrected chi connectivity index (χ0v) is 17.1. The van der Waals surface area contributed by atoms with Gasteiger partial charge < -0.3 is 10.2 Å². The van der Waals surface area contributed by atoms with Crippen molar-refractivity contribution >= 4 is 39.0 Å². The van der Waals surface area contributed by atoms with E-state index in [4.69, 9.17) is 5.14 Å². The number of sulfonamides is 1. The number of nitrogens with one attached hydrogen (secondary N) is 1. The van der Waals surface area contributed by atoms with Crippen LogP contribution in [-0.4, -0.2) is 44.9 Å². The first-order valence-corrected chi connectivity index (χ1v) is 12.0. The second-order valence-electron chi connectivity index (χ2n) is 6.96. The van der Waals surface area contributed by atoms with Gasteiger partial charge in [0.15, 0.2) is 0 Å². The summed E-state index contributed by atoms with van der Waals surface area (Å²) in [6.45, 7) is 3.24. The lowest BCUT2D eigenvalue weighted by molar-refractivity contribution is 0.0622. The first-order chi connectivity index (χ1) is 12.9. The number of primary sulfonamides is 1. The van der Waals surface area contributed by atoms with Crippen LogP contribution < -0.4 is 10.5 Å². The molecule has 3 fully saturated rings. The number of hydrogen-bond donors (Lipinski definition) is 2. The Bertz CT molecular complexity index is 950. The van der Waals surface area contributed by atoms with Crippen molar-refractivity contribution < 1.29 is 13.2 Å². The smallest absolute Gasteiger partial charge is 0.261 e. The molecule has 3 aliphatic rings. The molecule has 27 heavy (non-hydrogen) atoms. The van der Waals surface area contributed by atoms with Crippen LogP contribution in [0.3, 0.4) is 0 Å². The molecule has 3 N–H and O–H groups in total. The molecule has 9 heteroatoms. The maximum Gasteiger partial charge on any atom is 0.261 e. The van der Waals surface area contributed by atoms with Gasteiger partial charge in [0.1, 0.15) is 0 Å². The monoisotopic (exact) mass is 423 g/mol. The average molecular weight is 424 g/mol. The number of piperidine rings is 3. The van der Waals surface area contributed by atoms with E-state index in [-0.39, 0.29) is 16.8 Å². The highest BCUT2D eigenvalue weighted by molar-refractivity contribution is 8.01. The summed E-state index contributed by atoms with van der Waals surface area (Å²) < 4.78 is 23.9. The van der Waals surface area contributed by atoms with Gasteiger partial charge in [-0.05, 0) is 62.2 Å². The van der Waals surface area contributed by atoms with E-state index in [1.165, 1.54) is 29.2 Å². The molecule has 1 unspecified atom stereocenters. The second kappa shape index (κ2) is 7.56. The molecule has 0 spiro atoms. The summed E-state index contributed by atoms with van der Waals surface area (Å²) in [6.07, 6.45) is 2.33. The molecule has 6 nitrogen and oxygen atoms in total. The van der Waals surface area contributed by atoms with E-state index in [9.17, 15) is 13.2 Å². The fourth-order valence-electron chi connectivity index (χ4n) is 3.70. The minimum atomic E-state index is -3.72. The zero-order chi connectivity index (χ0) is 19.0. The molecule has 0 radical (unpaired) electrons. The number of amides is 1. The summed E-state index contributed by atoms with van der Waals surface area (Å²) in [5, 5.41) is 8.38. The van der Waals surface area contributed by atoms with E-state index in [2.05, 4.69) is 10.2 Å². The molecular weight excluding hydrogens is 402 g/mol. The molecule has 3 saturated heterocycles. The van der Waals surface area contributed by atoms with Crippen LogP contribution in [0.2, 0.25) is 0 Å². The van der Waals surface area contributed by atoms with E-state index in [0.29, 0.717) is 10.8 Å². The van der Waals surface area contributed by atoms with Gasteiger partial charge in [-0.25, -0.2) is 13.6 Å². The normalized spacial score (nSPS) is 24.7. The first-order valence-electron chi connectivity index (χ1n) is 8.82. The van der Waals surface area contributed by atoms with Crippen LogP contribution in [0, 0.1) is 5.92 Å². The molecular formula is C18H21N3O3S3. The fourth-order valence-corrected chi connectivity index (χ4v) is 6.40. The summed E-state index contributed by atoms with van der Waals surface area (Å²) in [5.41, 5.74) is 0. The number of carbonyl (C=O) groups excluding carboxylic acids is 1. The number of nitrogens with two attached hydrogens (primary N) is 1. The van der Waals surface area contributed by atoms with E-state index < -0.39 is 10.0 Å². The van der Waals surface area contributed by atoms with Gasteiger partial charge in [-0.1, -0.05) is 17.8 Å². The van der Waals surface area contributed by atoms with E-state index in [1.807, 2.05) is 18.2 Å². The highest BCUT2D eigenvalue weighted by Crippen LogP contribution is 2.34. The van der Waals surface area contributed by atoms with Gasteiger partial charge >= 0.3 is 0 Å². The third-order valence-corrected chi connectivity index (χ3v) is 8.25. The average Bonchev–Trinajstić information content (AvgIpc) is 3.11. The molecule has 0 saturated carbocycles. The zero-order valence-electron chi connectivity index (χ0n) is 14.6. The van der Waals surface area contributed by atoms with Crippen molar-refractivity contribution in [2.45, 2.75) is 32.9 Å². The summed E-state index contributed by atoms with van der Waals surface area (Å²) in [6, 6.07) is 10.5. The maximum atomic E-state index is 12.6. The summed E-state index contributed by atoms with van der Waals surface area (Å²) >= 11 is 2.84. The molecule has 144 valence electrons.